The smallest absolute Gasteiger partial charge is 0.406 e. The van der Waals surface area contributed by atoms with Crippen molar-refractivity contribution in [2.24, 2.45) is 0 Å². The molecule has 2 heterocycles. The van der Waals surface area contributed by atoms with E-state index < -0.39 is 12.1 Å². The average molecular weight is 312 g/mol. The molecule has 2 aromatic rings. The van der Waals surface area contributed by atoms with Crippen LogP contribution in [0.1, 0.15) is 16.2 Å². The first-order valence-corrected chi connectivity index (χ1v) is 6.44. The number of hydrogen-bond acceptors (Lipinski definition) is 4. The zero-order valence-corrected chi connectivity index (χ0v) is 11.2. The number of carbonyl (C=O) groups excluding carboxylic acids is 1. The van der Waals surface area contributed by atoms with Crippen molar-refractivity contribution in [1.82, 2.24) is 19.7 Å². The topological polar surface area (TPSA) is 60.2 Å². The second kappa shape index (κ2) is 5.32. The number of benzene rings is 1. The van der Waals surface area contributed by atoms with Gasteiger partial charge in [-0.2, -0.15) is 0 Å². The van der Waals surface area contributed by atoms with Gasteiger partial charge in [-0.25, -0.2) is 0 Å². The predicted molar refractivity (Wildman–Crippen MR) is 67.9 cm³/mol. The van der Waals surface area contributed by atoms with Crippen LogP contribution in [0.3, 0.4) is 0 Å². The van der Waals surface area contributed by atoms with Crippen LogP contribution in [-0.2, 0) is 13.1 Å². The lowest BCUT2D eigenvalue weighted by Crippen LogP contribution is -2.38. The molecule has 0 spiro atoms. The van der Waals surface area contributed by atoms with Gasteiger partial charge in [0.15, 0.2) is 5.82 Å². The minimum atomic E-state index is -4.79. The number of carbonyl (C=O) groups is 1. The molecule has 22 heavy (non-hydrogen) atoms. The van der Waals surface area contributed by atoms with E-state index in [9.17, 15) is 18.0 Å². The molecular weight excluding hydrogens is 301 g/mol. The van der Waals surface area contributed by atoms with Crippen LogP contribution in [0.4, 0.5) is 13.2 Å². The van der Waals surface area contributed by atoms with Crippen molar-refractivity contribution >= 4 is 5.91 Å². The highest BCUT2D eigenvalue weighted by atomic mass is 19.4. The predicted octanol–water partition coefficient (Wildman–Crippen LogP) is 1.83. The molecule has 1 aromatic heterocycles. The van der Waals surface area contributed by atoms with E-state index in [1.165, 1.54) is 17.0 Å². The van der Waals surface area contributed by atoms with E-state index in [2.05, 4.69) is 14.9 Å². The van der Waals surface area contributed by atoms with Crippen molar-refractivity contribution in [3.8, 4) is 5.75 Å². The summed E-state index contributed by atoms with van der Waals surface area (Å²) in [7, 11) is 0. The Bertz CT molecular complexity index is 699. The number of nitrogens with zero attached hydrogens (tertiary/aromatic N) is 4. The number of fused-ring (bicyclic) bond motifs is 1. The largest absolute Gasteiger partial charge is 0.573 e. The van der Waals surface area contributed by atoms with Crippen LogP contribution in [0.2, 0.25) is 0 Å². The number of aromatic nitrogens is 3. The third kappa shape index (κ3) is 3.02. The number of alkyl halides is 3. The zero-order valence-electron chi connectivity index (χ0n) is 11.2. The van der Waals surface area contributed by atoms with Crippen LogP contribution >= 0.6 is 0 Å². The second-order valence-corrected chi connectivity index (χ2v) is 4.74. The number of hydrogen-bond donors (Lipinski definition) is 0. The van der Waals surface area contributed by atoms with Gasteiger partial charge in [-0.3, -0.25) is 4.79 Å². The Morgan fingerprint density at radius 1 is 1.27 bits per heavy atom. The maximum atomic E-state index is 12.4. The third-order valence-corrected chi connectivity index (χ3v) is 3.24. The lowest BCUT2D eigenvalue weighted by molar-refractivity contribution is -0.274. The van der Waals surface area contributed by atoms with Crippen molar-refractivity contribution in [1.29, 1.82) is 0 Å². The average Bonchev–Trinajstić information content (AvgIpc) is 2.92. The van der Waals surface area contributed by atoms with Gasteiger partial charge < -0.3 is 14.2 Å². The van der Waals surface area contributed by atoms with E-state index in [0.29, 0.717) is 18.9 Å². The molecule has 0 radical (unpaired) electrons. The van der Waals surface area contributed by atoms with Crippen LogP contribution in [0.25, 0.3) is 0 Å². The highest BCUT2D eigenvalue weighted by molar-refractivity contribution is 5.94. The Labute approximate surface area is 123 Å². The van der Waals surface area contributed by atoms with E-state index in [1.54, 1.807) is 6.33 Å². The number of halogens is 3. The van der Waals surface area contributed by atoms with Gasteiger partial charge in [0, 0.05) is 18.7 Å². The molecule has 0 aliphatic carbocycles. The maximum Gasteiger partial charge on any atom is 0.573 e. The minimum absolute atomic E-state index is 0.134. The van der Waals surface area contributed by atoms with Gasteiger partial charge in [0.05, 0.1) is 6.54 Å². The molecule has 0 unspecified atom stereocenters. The molecule has 0 bridgehead atoms. The van der Waals surface area contributed by atoms with E-state index >= 15 is 0 Å². The first kappa shape index (κ1) is 14.4. The maximum absolute atomic E-state index is 12.4. The molecule has 1 aliphatic rings. The summed E-state index contributed by atoms with van der Waals surface area (Å²) in [5.41, 5.74) is 0.134. The standard InChI is InChI=1S/C13H11F3N4O2/c14-13(15,16)22-10-3-1-2-9(6-10)12(21)19-4-5-20-8-17-18-11(20)7-19/h1-3,6,8H,4-5,7H2. The molecule has 1 amide bonds. The molecule has 0 saturated carbocycles. The molecule has 1 aromatic carbocycles. The van der Waals surface area contributed by atoms with Crippen LogP contribution in [0.5, 0.6) is 5.75 Å². The zero-order chi connectivity index (χ0) is 15.7. The lowest BCUT2D eigenvalue weighted by atomic mass is 10.1. The third-order valence-electron chi connectivity index (χ3n) is 3.24. The van der Waals surface area contributed by atoms with Gasteiger partial charge in [-0.15, -0.1) is 23.4 Å². The van der Waals surface area contributed by atoms with Crippen molar-refractivity contribution in [2.45, 2.75) is 19.5 Å². The van der Waals surface area contributed by atoms with E-state index in [4.69, 9.17) is 0 Å². The number of ether oxygens (including phenoxy) is 1. The molecule has 6 nitrogen and oxygen atoms in total. The van der Waals surface area contributed by atoms with Gasteiger partial charge in [0.2, 0.25) is 0 Å². The van der Waals surface area contributed by atoms with Crippen molar-refractivity contribution in [2.75, 3.05) is 6.54 Å². The first-order chi connectivity index (χ1) is 10.4. The normalized spacial score (nSPS) is 14.6. The van der Waals surface area contributed by atoms with Crippen molar-refractivity contribution in [3.63, 3.8) is 0 Å². The highest BCUT2D eigenvalue weighted by Gasteiger charge is 2.31. The SMILES string of the molecule is O=C(c1cccc(OC(F)(F)F)c1)N1CCn2cnnc2C1. The van der Waals surface area contributed by atoms with Gasteiger partial charge in [-0.1, -0.05) is 6.07 Å². The van der Waals surface area contributed by atoms with Crippen molar-refractivity contribution < 1.29 is 22.7 Å². The Morgan fingerprint density at radius 2 is 2.09 bits per heavy atom. The van der Waals surface area contributed by atoms with Crippen LogP contribution in [0, 0.1) is 0 Å². The summed E-state index contributed by atoms with van der Waals surface area (Å²) in [4.78, 5) is 13.9. The fourth-order valence-corrected chi connectivity index (χ4v) is 2.25. The number of amides is 1. The van der Waals surface area contributed by atoms with Gasteiger partial charge in [0.25, 0.3) is 5.91 Å². The summed E-state index contributed by atoms with van der Waals surface area (Å²) in [5.74, 6) is -0.150. The molecule has 0 fully saturated rings. The Morgan fingerprint density at radius 3 is 2.86 bits per heavy atom. The van der Waals surface area contributed by atoms with E-state index in [-0.39, 0.29) is 18.0 Å². The summed E-state index contributed by atoms with van der Waals surface area (Å²) in [5, 5.41) is 7.65. The summed E-state index contributed by atoms with van der Waals surface area (Å²) >= 11 is 0. The molecule has 3 rings (SSSR count). The van der Waals surface area contributed by atoms with Crippen LogP contribution < -0.4 is 4.74 Å². The Hall–Kier alpha value is -2.58. The van der Waals surface area contributed by atoms with Crippen LogP contribution in [-0.4, -0.2) is 38.5 Å². The summed E-state index contributed by atoms with van der Waals surface area (Å²) in [6, 6.07) is 5.03. The van der Waals surface area contributed by atoms with Crippen molar-refractivity contribution in [3.05, 3.63) is 42.0 Å². The molecule has 0 saturated heterocycles. The summed E-state index contributed by atoms with van der Waals surface area (Å²) < 4.78 is 42.3. The van der Waals surface area contributed by atoms with E-state index in [0.717, 1.165) is 12.1 Å². The summed E-state index contributed by atoms with van der Waals surface area (Å²) in [6.45, 7) is 1.25. The van der Waals surface area contributed by atoms with Gasteiger partial charge >= 0.3 is 6.36 Å². The highest BCUT2D eigenvalue weighted by Crippen LogP contribution is 2.24. The quantitative estimate of drug-likeness (QED) is 0.849. The fraction of sp³-hybridized carbons (Fsp3) is 0.308. The molecule has 0 atom stereocenters. The fourth-order valence-electron chi connectivity index (χ4n) is 2.25. The lowest BCUT2D eigenvalue weighted by Gasteiger charge is -2.27. The number of rotatable bonds is 2. The van der Waals surface area contributed by atoms with Gasteiger partial charge in [0.1, 0.15) is 12.1 Å². The van der Waals surface area contributed by atoms with Gasteiger partial charge in [-0.05, 0) is 18.2 Å². The Kier molecular flexibility index (Phi) is 3.47. The Balaban J connectivity index is 1.77. The second-order valence-electron chi connectivity index (χ2n) is 4.74. The first-order valence-electron chi connectivity index (χ1n) is 6.44. The molecule has 0 N–H and O–H groups in total. The monoisotopic (exact) mass is 312 g/mol. The minimum Gasteiger partial charge on any atom is -0.406 e. The van der Waals surface area contributed by atoms with E-state index in [1.807, 2.05) is 4.57 Å². The molecule has 1 aliphatic heterocycles. The summed E-state index contributed by atoms with van der Waals surface area (Å²) in [6.07, 6.45) is -3.21. The molecule has 116 valence electrons. The molecular formula is C13H11F3N4O2. The molecule has 9 heteroatoms. The van der Waals surface area contributed by atoms with Crippen LogP contribution in [0.15, 0.2) is 30.6 Å².